The van der Waals surface area contributed by atoms with Crippen LogP contribution in [-0.4, -0.2) is 36.0 Å². The molecule has 1 saturated heterocycles. The Bertz CT molecular complexity index is 778. The van der Waals surface area contributed by atoms with Crippen molar-refractivity contribution >= 4 is 29.1 Å². The zero-order chi connectivity index (χ0) is 19.2. The summed E-state index contributed by atoms with van der Waals surface area (Å²) in [6, 6.07) is 15.1. The molecule has 1 heterocycles. The lowest BCUT2D eigenvalue weighted by Gasteiger charge is -2.29. The standard InChI is InChI=1S/C21H24Cl2N2O2/c1-15(27-20-10-3-2-9-19(20)23)21(26)25(14-18-8-5-11-24-18)13-16-6-4-7-17(22)12-16/h2-4,6-7,9-10,12,15,18,24H,5,8,11,13-14H2,1H3/t15-,18?/m1/s1. The van der Waals surface area contributed by atoms with E-state index in [2.05, 4.69) is 5.32 Å². The minimum absolute atomic E-state index is 0.0661. The normalized spacial score (nSPS) is 17.5. The first-order valence-corrected chi connectivity index (χ1v) is 9.96. The fourth-order valence-corrected chi connectivity index (χ4v) is 3.70. The van der Waals surface area contributed by atoms with E-state index >= 15 is 0 Å². The SMILES string of the molecule is C[C@@H](Oc1ccccc1Cl)C(=O)N(Cc1cccc(Cl)c1)CC1CCCN1. The second kappa shape index (κ2) is 9.45. The van der Waals surface area contributed by atoms with Crippen LogP contribution in [0.4, 0.5) is 0 Å². The highest BCUT2D eigenvalue weighted by Gasteiger charge is 2.26. The lowest BCUT2D eigenvalue weighted by molar-refractivity contribution is -0.139. The maximum Gasteiger partial charge on any atom is 0.263 e. The van der Waals surface area contributed by atoms with E-state index in [-0.39, 0.29) is 5.91 Å². The number of ether oxygens (including phenoxy) is 1. The Balaban J connectivity index is 1.73. The number of hydrogen-bond donors (Lipinski definition) is 1. The van der Waals surface area contributed by atoms with E-state index in [1.807, 2.05) is 41.3 Å². The van der Waals surface area contributed by atoms with Gasteiger partial charge in [-0.25, -0.2) is 0 Å². The van der Waals surface area contributed by atoms with Crippen LogP contribution >= 0.6 is 23.2 Å². The Morgan fingerprint density at radius 1 is 1.26 bits per heavy atom. The molecular weight excluding hydrogens is 383 g/mol. The molecule has 6 heteroatoms. The number of carbonyl (C=O) groups excluding carboxylic acids is 1. The summed E-state index contributed by atoms with van der Waals surface area (Å²) < 4.78 is 5.84. The van der Waals surface area contributed by atoms with E-state index in [9.17, 15) is 4.79 Å². The van der Waals surface area contributed by atoms with Crippen molar-refractivity contribution in [2.24, 2.45) is 0 Å². The first kappa shape index (κ1) is 20.0. The van der Waals surface area contributed by atoms with Gasteiger partial charge in [0.1, 0.15) is 5.75 Å². The average Bonchev–Trinajstić information content (AvgIpc) is 3.15. The third-order valence-electron chi connectivity index (χ3n) is 4.67. The van der Waals surface area contributed by atoms with Gasteiger partial charge in [0.25, 0.3) is 5.91 Å². The maximum atomic E-state index is 13.1. The van der Waals surface area contributed by atoms with Gasteiger partial charge in [0.2, 0.25) is 0 Å². The molecule has 3 rings (SSSR count). The van der Waals surface area contributed by atoms with Crippen molar-refractivity contribution in [2.45, 2.75) is 38.5 Å². The average molecular weight is 407 g/mol. The van der Waals surface area contributed by atoms with Gasteiger partial charge in [0.15, 0.2) is 6.10 Å². The molecule has 0 spiro atoms. The first-order valence-electron chi connectivity index (χ1n) is 9.20. The third-order valence-corrected chi connectivity index (χ3v) is 5.21. The smallest absolute Gasteiger partial charge is 0.263 e. The van der Waals surface area contributed by atoms with Gasteiger partial charge in [-0.3, -0.25) is 4.79 Å². The largest absolute Gasteiger partial charge is 0.479 e. The zero-order valence-electron chi connectivity index (χ0n) is 15.3. The molecule has 144 valence electrons. The lowest BCUT2D eigenvalue weighted by Crippen LogP contribution is -2.45. The highest BCUT2D eigenvalue weighted by Crippen LogP contribution is 2.25. The van der Waals surface area contributed by atoms with E-state index in [0.717, 1.165) is 24.9 Å². The number of rotatable bonds is 7. The second-order valence-electron chi connectivity index (χ2n) is 6.83. The molecule has 1 fully saturated rings. The highest BCUT2D eigenvalue weighted by molar-refractivity contribution is 6.32. The van der Waals surface area contributed by atoms with Crippen molar-refractivity contribution in [3.8, 4) is 5.75 Å². The molecule has 2 aromatic carbocycles. The summed E-state index contributed by atoms with van der Waals surface area (Å²) in [4.78, 5) is 15.0. The number of benzene rings is 2. The predicted octanol–water partition coefficient (Wildman–Crippen LogP) is 4.54. The summed E-state index contributed by atoms with van der Waals surface area (Å²) in [5, 5.41) is 4.62. The number of para-hydroxylation sites is 1. The van der Waals surface area contributed by atoms with Crippen LogP contribution in [0.15, 0.2) is 48.5 Å². The van der Waals surface area contributed by atoms with E-state index < -0.39 is 6.10 Å². The van der Waals surface area contributed by atoms with Crippen LogP contribution in [0.5, 0.6) is 5.75 Å². The molecule has 27 heavy (non-hydrogen) atoms. The number of nitrogens with one attached hydrogen (secondary N) is 1. The molecule has 0 saturated carbocycles. The molecule has 4 nitrogen and oxygen atoms in total. The van der Waals surface area contributed by atoms with Crippen molar-refractivity contribution in [3.05, 3.63) is 64.1 Å². The first-order chi connectivity index (χ1) is 13.0. The van der Waals surface area contributed by atoms with Crippen LogP contribution in [0.3, 0.4) is 0 Å². The van der Waals surface area contributed by atoms with Crippen LogP contribution in [0, 0.1) is 0 Å². The molecule has 0 radical (unpaired) electrons. The summed E-state index contributed by atoms with van der Waals surface area (Å²) >= 11 is 12.3. The van der Waals surface area contributed by atoms with E-state index in [1.165, 1.54) is 0 Å². The van der Waals surface area contributed by atoms with E-state index in [4.69, 9.17) is 27.9 Å². The van der Waals surface area contributed by atoms with E-state index in [0.29, 0.717) is 34.9 Å². The van der Waals surface area contributed by atoms with Crippen LogP contribution in [0.25, 0.3) is 0 Å². The molecule has 1 aliphatic rings. The van der Waals surface area contributed by atoms with Crippen LogP contribution in [0.1, 0.15) is 25.3 Å². The Kier molecular flexibility index (Phi) is 7.00. The number of amides is 1. The van der Waals surface area contributed by atoms with Crippen molar-refractivity contribution in [2.75, 3.05) is 13.1 Å². The molecule has 0 aromatic heterocycles. The minimum atomic E-state index is -0.634. The Labute approximate surface area is 170 Å². The molecule has 2 atom stereocenters. The van der Waals surface area contributed by atoms with Crippen molar-refractivity contribution in [3.63, 3.8) is 0 Å². The van der Waals surface area contributed by atoms with Gasteiger partial charge in [0.05, 0.1) is 5.02 Å². The van der Waals surface area contributed by atoms with Crippen LogP contribution in [-0.2, 0) is 11.3 Å². The molecule has 1 unspecified atom stereocenters. The Morgan fingerprint density at radius 3 is 2.78 bits per heavy atom. The predicted molar refractivity (Wildman–Crippen MR) is 109 cm³/mol. The third kappa shape index (κ3) is 5.61. The van der Waals surface area contributed by atoms with Crippen molar-refractivity contribution in [1.82, 2.24) is 10.2 Å². The second-order valence-corrected chi connectivity index (χ2v) is 7.68. The van der Waals surface area contributed by atoms with Gasteiger partial charge in [-0.15, -0.1) is 0 Å². The number of hydrogen-bond acceptors (Lipinski definition) is 3. The van der Waals surface area contributed by atoms with Gasteiger partial charge in [-0.2, -0.15) is 0 Å². The Morgan fingerprint density at radius 2 is 2.07 bits per heavy atom. The van der Waals surface area contributed by atoms with E-state index in [1.54, 1.807) is 19.1 Å². The summed E-state index contributed by atoms with van der Waals surface area (Å²) in [6.07, 6.45) is 1.57. The quantitative estimate of drug-likeness (QED) is 0.733. The molecule has 0 aliphatic carbocycles. The lowest BCUT2D eigenvalue weighted by atomic mass is 10.1. The highest BCUT2D eigenvalue weighted by atomic mass is 35.5. The molecular formula is C21H24Cl2N2O2. The summed E-state index contributed by atoms with van der Waals surface area (Å²) in [5.41, 5.74) is 0.999. The summed E-state index contributed by atoms with van der Waals surface area (Å²) in [7, 11) is 0. The molecule has 0 bridgehead atoms. The van der Waals surface area contributed by atoms with Crippen molar-refractivity contribution < 1.29 is 9.53 Å². The molecule has 2 aromatic rings. The van der Waals surface area contributed by atoms with Gasteiger partial charge in [0, 0.05) is 24.2 Å². The van der Waals surface area contributed by atoms with Gasteiger partial charge in [-0.1, -0.05) is 47.5 Å². The fourth-order valence-electron chi connectivity index (χ4n) is 3.31. The number of halogens is 2. The molecule has 1 amide bonds. The fraction of sp³-hybridized carbons (Fsp3) is 0.381. The number of carbonyl (C=O) groups is 1. The maximum absolute atomic E-state index is 13.1. The summed E-state index contributed by atoms with van der Waals surface area (Å²) in [6.45, 7) is 3.89. The topological polar surface area (TPSA) is 41.6 Å². The van der Waals surface area contributed by atoms with Gasteiger partial charge >= 0.3 is 0 Å². The monoisotopic (exact) mass is 406 g/mol. The zero-order valence-corrected chi connectivity index (χ0v) is 16.8. The Hall–Kier alpha value is -1.75. The van der Waals surface area contributed by atoms with Gasteiger partial charge in [-0.05, 0) is 56.1 Å². The number of nitrogens with zero attached hydrogens (tertiary/aromatic N) is 1. The molecule has 1 aliphatic heterocycles. The minimum Gasteiger partial charge on any atom is -0.479 e. The molecule has 1 N–H and O–H groups in total. The van der Waals surface area contributed by atoms with Crippen LogP contribution in [0.2, 0.25) is 10.0 Å². The van der Waals surface area contributed by atoms with Gasteiger partial charge < -0.3 is 15.0 Å². The van der Waals surface area contributed by atoms with Crippen molar-refractivity contribution in [1.29, 1.82) is 0 Å². The van der Waals surface area contributed by atoms with Crippen LogP contribution < -0.4 is 10.1 Å². The summed E-state index contributed by atoms with van der Waals surface area (Å²) in [5.74, 6) is 0.449.